The van der Waals surface area contributed by atoms with Gasteiger partial charge in [0, 0.05) is 20.1 Å². The summed E-state index contributed by atoms with van der Waals surface area (Å²) in [5.41, 5.74) is 1.59. The fraction of sp³-hybridized carbons (Fsp3) is 0.750. The molecule has 0 aromatic carbocycles. The van der Waals surface area contributed by atoms with Crippen molar-refractivity contribution in [2.75, 3.05) is 13.2 Å². The molecule has 0 amide bonds. The first-order valence-electron chi connectivity index (χ1n) is 6.17. The van der Waals surface area contributed by atoms with Crippen LogP contribution in [-0.2, 0) is 22.8 Å². The molecule has 0 saturated carbocycles. The molecular weight excluding hydrogens is 252 g/mol. The van der Waals surface area contributed by atoms with Gasteiger partial charge >= 0.3 is 14.8 Å². The zero-order valence-corrected chi connectivity index (χ0v) is 12.9. The number of hydrogen-bond donors (Lipinski definition) is 0. The lowest BCUT2D eigenvalue weighted by Crippen LogP contribution is -2.49. The summed E-state index contributed by atoms with van der Waals surface area (Å²) in [5, 5.41) is 0. The second-order valence-electron chi connectivity index (χ2n) is 3.81. The first-order chi connectivity index (χ1) is 8.40. The number of hydrogen-bond acceptors (Lipinski definition) is 5. The van der Waals surface area contributed by atoms with Crippen LogP contribution in [0.2, 0.25) is 0 Å². The van der Waals surface area contributed by atoms with E-state index in [0.29, 0.717) is 13.2 Å². The van der Waals surface area contributed by atoms with E-state index in [1.165, 1.54) is 6.92 Å². The Morgan fingerprint density at radius 2 is 1.72 bits per heavy atom. The largest absolute Gasteiger partial charge is 0.529 e. The lowest BCUT2D eigenvalue weighted by molar-refractivity contribution is -0.150. The smallest absolute Gasteiger partial charge is 0.460 e. The molecule has 0 spiro atoms. The van der Waals surface area contributed by atoms with E-state index < -0.39 is 8.80 Å². The highest BCUT2D eigenvalue weighted by molar-refractivity contribution is 6.66. The van der Waals surface area contributed by atoms with Gasteiger partial charge in [-0.05, 0) is 33.4 Å². The van der Waals surface area contributed by atoms with Gasteiger partial charge in [0.15, 0.2) is 0 Å². The molecule has 0 fully saturated rings. The molecule has 2 unspecified atom stereocenters. The van der Waals surface area contributed by atoms with Gasteiger partial charge in [-0.2, -0.15) is 0 Å². The second-order valence-corrected chi connectivity index (χ2v) is 6.24. The zero-order valence-electron chi connectivity index (χ0n) is 11.9. The van der Waals surface area contributed by atoms with E-state index >= 15 is 0 Å². The summed E-state index contributed by atoms with van der Waals surface area (Å²) < 4.78 is 22.1. The minimum absolute atomic E-state index is 0.323. The summed E-state index contributed by atoms with van der Waals surface area (Å²) in [7, 11) is -2.87. The Labute approximate surface area is 110 Å². The van der Waals surface area contributed by atoms with Crippen molar-refractivity contribution in [1.82, 2.24) is 0 Å². The molecule has 0 saturated heterocycles. The van der Waals surface area contributed by atoms with Crippen LogP contribution in [-0.4, -0.2) is 40.2 Å². The van der Waals surface area contributed by atoms with Crippen molar-refractivity contribution in [1.29, 1.82) is 0 Å². The average Bonchev–Trinajstić information content (AvgIpc) is 2.28. The summed E-state index contributed by atoms with van der Waals surface area (Å²) in [6.07, 6.45) is -0.688. The van der Waals surface area contributed by atoms with E-state index in [0.717, 1.165) is 0 Å². The fourth-order valence-electron chi connectivity index (χ4n) is 1.39. The third-order valence-electron chi connectivity index (χ3n) is 2.30. The Morgan fingerprint density at radius 3 is 2.06 bits per heavy atom. The van der Waals surface area contributed by atoms with Crippen LogP contribution in [0.3, 0.4) is 0 Å². The molecule has 6 heteroatoms. The Hall–Kier alpha value is -0.693. The monoisotopic (exact) mass is 276 g/mol. The van der Waals surface area contributed by atoms with Gasteiger partial charge in [0.05, 0.1) is 6.10 Å². The molecule has 0 aromatic rings. The molecule has 18 heavy (non-hydrogen) atoms. The van der Waals surface area contributed by atoms with E-state index in [2.05, 4.69) is 6.58 Å². The van der Waals surface area contributed by atoms with Crippen molar-refractivity contribution < 1.29 is 22.8 Å². The summed E-state index contributed by atoms with van der Waals surface area (Å²) in [6.45, 7) is 13.4. The number of carbonyl (C=O) groups excluding carboxylic acids is 1. The lowest BCUT2D eigenvalue weighted by atomic mass is 10.3. The third-order valence-corrected chi connectivity index (χ3v) is 4.89. The highest BCUT2D eigenvalue weighted by Gasteiger charge is 2.40. The molecule has 0 N–H and O–H groups in total. The van der Waals surface area contributed by atoms with Crippen molar-refractivity contribution >= 4 is 14.8 Å². The summed E-state index contributed by atoms with van der Waals surface area (Å²) in [5.74, 6) is -0.336. The van der Waals surface area contributed by atoms with Crippen LogP contribution in [0.1, 0.15) is 34.6 Å². The average molecular weight is 276 g/mol. The van der Waals surface area contributed by atoms with E-state index in [-0.39, 0.29) is 18.2 Å². The van der Waals surface area contributed by atoms with E-state index in [4.69, 9.17) is 18.0 Å². The molecular formula is C12H24O5Si. The van der Waals surface area contributed by atoms with Gasteiger partial charge in [0.1, 0.15) is 6.10 Å². The summed E-state index contributed by atoms with van der Waals surface area (Å²) in [4.78, 5) is 10.9. The quantitative estimate of drug-likeness (QED) is 0.477. The molecule has 0 radical (unpaired) electrons. The predicted octanol–water partition coefficient (Wildman–Crippen LogP) is 2.08. The molecule has 0 aliphatic rings. The molecule has 2 atom stereocenters. The molecule has 0 aromatic heterocycles. The molecule has 5 nitrogen and oxygen atoms in total. The van der Waals surface area contributed by atoms with Crippen molar-refractivity contribution in [2.45, 2.75) is 46.8 Å². The normalized spacial score (nSPS) is 14.9. The minimum Gasteiger partial charge on any atom is -0.460 e. The molecule has 0 aliphatic heterocycles. The zero-order chi connectivity index (χ0) is 14.2. The van der Waals surface area contributed by atoms with Crippen molar-refractivity contribution in [3.05, 3.63) is 12.3 Å². The van der Waals surface area contributed by atoms with E-state index in [9.17, 15) is 4.79 Å². The van der Waals surface area contributed by atoms with Crippen molar-refractivity contribution in [3.8, 4) is 0 Å². The molecule has 0 bridgehead atoms. The maximum atomic E-state index is 10.9. The number of esters is 1. The molecule has 0 aliphatic carbocycles. The van der Waals surface area contributed by atoms with Gasteiger partial charge in [0.25, 0.3) is 0 Å². The van der Waals surface area contributed by atoms with Gasteiger partial charge in [-0.1, -0.05) is 6.58 Å². The minimum atomic E-state index is -2.87. The van der Waals surface area contributed by atoms with Crippen molar-refractivity contribution in [2.24, 2.45) is 0 Å². The lowest BCUT2D eigenvalue weighted by Gasteiger charge is -2.31. The Kier molecular flexibility index (Phi) is 8.09. The standard InChI is InChI=1S/C12H24O5Si/c1-7-14-18(9-3,15-8-2)17-11(5)10(4)16-12(6)13/h9-11H,3,7-8H2,1-2,4-6H3. The third kappa shape index (κ3) is 5.77. The maximum absolute atomic E-state index is 10.9. The van der Waals surface area contributed by atoms with Crippen LogP contribution >= 0.6 is 0 Å². The summed E-state index contributed by atoms with van der Waals surface area (Å²) in [6, 6.07) is 0. The SMILES string of the molecule is C=C[Si](OCC)(OCC)OC(C)C(C)OC(C)=O. The fourth-order valence-corrected chi connectivity index (χ4v) is 3.46. The van der Waals surface area contributed by atoms with Gasteiger partial charge in [-0.25, -0.2) is 0 Å². The van der Waals surface area contributed by atoms with Crippen LogP contribution < -0.4 is 0 Å². The Morgan fingerprint density at radius 1 is 1.22 bits per heavy atom. The Bertz CT molecular complexity index is 263. The molecule has 0 rings (SSSR count). The number of rotatable bonds is 9. The molecule has 106 valence electrons. The van der Waals surface area contributed by atoms with Gasteiger partial charge in [0.2, 0.25) is 0 Å². The first-order valence-corrected chi connectivity index (χ1v) is 7.97. The number of carbonyl (C=O) groups is 1. The Balaban J connectivity index is 4.64. The van der Waals surface area contributed by atoms with Crippen LogP contribution in [0.15, 0.2) is 12.3 Å². The van der Waals surface area contributed by atoms with E-state index in [1.807, 2.05) is 20.8 Å². The van der Waals surface area contributed by atoms with E-state index in [1.54, 1.807) is 12.6 Å². The van der Waals surface area contributed by atoms with Gasteiger partial charge < -0.3 is 18.0 Å². The molecule has 0 heterocycles. The van der Waals surface area contributed by atoms with Gasteiger partial charge in [-0.3, -0.25) is 4.79 Å². The first kappa shape index (κ1) is 17.3. The topological polar surface area (TPSA) is 54.0 Å². The maximum Gasteiger partial charge on any atom is 0.529 e. The highest BCUT2D eigenvalue weighted by atomic mass is 28.4. The van der Waals surface area contributed by atoms with Crippen molar-refractivity contribution in [3.63, 3.8) is 0 Å². The second kappa shape index (κ2) is 8.42. The predicted molar refractivity (Wildman–Crippen MR) is 71.0 cm³/mol. The van der Waals surface area contributed by atoms with Crippen LogP contribution in [0, 0.1) is 0 Å². The van der Waals surface area contributed by atoms with Crippen LogP contribution in [0.4, 0.5) is 0 Å². The number of ether oxygens (including phenoxy) is 1. The van der Waals surface area contributed by atoms with Crippen LogP contribution in [0.25, 0.3) is 0 Å². The summed E-state index contributed by atoms with van der Waals surface area (Å²) >= 11 is 0. The highest BCUT2D eigenvalue weighted by Crippen LogP contribution is 2.16. The van der Waals surface area contributed by atoms with Crippen LogP contribution in [0.5, 0.6) is 0 Å². The van der Waals surface area contributed by atoms with Gasteiger partial charge in [-0.15, -0.1) is 0 Å².